The van der Waals surface area contributed by atoms with Gasteiger partial charge in [0.05, 0.1) is 24.2 Å². The van der Waals surface area contributed by atoms with E-state index in [1.54, 1.807) is 23.9 Å². The molecule has 0 spiro atoms. The van der Waals surface area contributed by atoms with Gasteiger partial charge in [0.1, 0.15) is 5.82 Å². The quantitative estimate of drug-likeness (QED) is 0.818. The van der Waals surface area contributed by atoms with Crippen LogP contribution in [-0.4, -0.2) is 39.8 Å². The van der Waals surface area contributed by atoms with Crippen molar-refractivity contribution in [3.8, 4) is 0 Å². The van der Waals surface area contributed by atoms with Crippen LogP contribution in [0.3, 0.4) is 0 Å². The number of hydrogen-bond acceptors (Lipinski definition) is 5. The van der Waals surface area contributed by atoms with Gasteiger partial charge in [-0.2, -0.15) is 5.10 Å². The molecule has 0 aromatic carbocycles. The predicted octanol–water partition coefficient (Wildman–Crippen LogP) is 1.90. The van der Waals surface area contributed by atoms with E-state index in [-0.39, 0.29) is 5.92 Å². The van der Waals surface area contributed by atoms with Gasteiger partial charge in [-0.1, -0.05) is 0 Å². The number of hydrogen-bond donors (Lipinski definition) is 2. The maximum atomic E-state index is 12.2. The molecule has 138 valence electrons. The van der Waals surface area contributed by atoms with E-state index in [1.807, 2.05) is 13.8 Å². The van der Waals surface area contributed by atoms with Crippen LogP contribution in [0.1, 0.15) is 35.7 Å². The fourth-order valence-electron chi connectivity index (χ4n) is 2.85. The third-order valence-electron chi connectivity index (χ3n) is 4.52. The first-order chi connectivity index (χ1) is 12.4. The second-order valence-electron chi connectivity index (χ2n) is 6.53. The molecule has 2 amide bonds. The van der Waals surface area contributed by atoms with Gasteiger partial charge in [0.2, 0.25) is 0 Å². The molecule has 3 rings (SSSR count). The number of nitrogens with zero attached hydrogens (tertiary/aromatic N) is 3. The second kappa shape index (κ2) is 7.65. The Hall–Kier alpha value is -2.74. The minimum Gasteiger partial charge on any atom is -0.381 e. The number of pyridine rings is 1. The maximum absolute atomic E-state index is 12.2. The van der Waals surface area contributed by atoms with Gasteiger partial charge in [-0.25, -0.2) is 0 Å². The second-order valence-corrected chi connectivity index (χ2v) is 6.53. The molecule has 0 saturated carbocycles. The lowest BCUT2D eigenvalue weighted by molar-refractivity contribution is -0.133. The first kappa shape index (κ1) is 18.1. The van der Waals surface area contributed by atoms with Gasteiger partial charge in [0, 0.05) is 31.3 Å². The van der Waals surface area contributed by atoms with Gasteiger partial charge in [0.15, 0.2) is 0 Å². The van der Waals surface area contributed by atoms with Crippen molar-refractivity contribution in [3.05, 3.63) is 35.3 Å². The van der Waals surface area contributed by atoms with E-state index < -0.39 is 11.8 Å². The van der Waals surface area contributed by atoms with E-state index in [1.165, 1.54) is 6.20 Å². The molecule has 2 aromatic heterocycles. The molecule has 1 saturated heterocycles. The van der Waals surface area contributed by atoms with Gasteiger partial charge in [-0.05, 0) is 38.3 Å². The van der Waals surface area contributed by atoms with Gasteiger partial charge in [-0.15, -0.1) is 0 Å². The van der Waals surface area contributed by atoms with Crippen LogP contribution in [0, 0.1) is 13.8 Å². The van der Waals surface area contributed by atoms with Crippen LogP contribution in [0.5, 0.6) is 0 Å². The summed E-state index contributed by atoms with van der Waals surface area (Å²) in [6.45, 7) is 5.18. The van der Waals surface area contributed by atoms with Gasteiger partial charge < -0.3 is 15.4 Å². The maximum Gasteiger partial charge on any atom is 0.315 e. The van der Waals surface area contributed by atoms with Crippen LogP contribution in [-0.2, 0) is 21.4 Å². The van der Waals surface area contributed by atoms with E-state index >= 15 is 0 Å². The molecule has 2 N–H and O–H groups in total. The van der Waals surface area contributed by atoms with E-state index in [9.17, 15) is 9.59 Å². The van der Waals surface area contributed by atoms with E-state index in [0.717, 1.165) is 36.4 Å². The zero-order chi connectivity index (χ0) is 18.7. The van der Waals surface area contributed by atoms with Crippen LogP contribution in [0.25, 0.3) is 0 Å². The van der Waals surface area contributed by atoms with Crippen molar-refractivity contribution < 1.29 is 14.3 Å². The van der Waals surface area contributed by atoms with Crippen LogP contribution < -0.4 is 10.6 Å². The third-order valence-corrected chi connectivity index (χ3v) is 4.52. The molecule has 8 heteroatoms. The van der Waals surface area contributed by atoms with Crippen LogP contribution in [0.2, 0.25) is 0 Å². The number of aromatic nitrogens is 3. The summed E-state index contributed by atoms with van der Waals surface area (Å²) in [6.07, 6.45) is 3.53. The topological polar surface area (TPSA) is 98.1 Å². The number of carbonyl (C=O) groups excluding carboxylic acids is 2. The van der Waals surface area contributed by atoms with Crippen molar-refractivity contribution in [1.82, 2.24) is 14.8 Å². The number of nitrogens with one attached hydrogen (secondary N) is 2. The molecular formula is C18H23N5O3. The zero-order valence-corrected chi connectivity index (χ0v) is 15.2. The first-order valence-electron chi connectivity index (χ1n) is 8.61. The summed E-state index contributed by atoms with van der Waals surface area (Å²) in [6, 6.07) is 3.57. The molecule has 1 aliphatic heterocycles. The highest BCUT2D eigenvalue weighted by Gasteiger charge is 2.22. The Morgan fingerprint density at radius 3 is 2.69 bits per heavy atom. The standard InChI is InChI=1S/C18H23N5O3/c1-11-7-14(9-19-12(11)2)20-17(24)18(25)21-16-8-15(22-23(16)3)13-5-4-6-26-10-13/h7-9,13H,4-6,10H2,1-3H3,(H,20,24)(H,21,25). The summed E-state index contributed by atoms with van der Waals surface area (Å²) in [7, 11) is 1.73. The van der Waals surface area contributed by atoms with Gasteiger partial charge >= 0.3 is 11.8 Å². The lowest BCUT2D eigenvalue weighted by atomic mass is 9.99. The molecule has 26 heavy (non-hydrogen) atoms. The lowest BCUT2D eigenvalue weighted by Gasteiger charge is -2.19. The van der Waals surface area contributed by atoms with Crippen LogP contribution in [0.4, 0.5) is 11.5 Å². The summed E-state index contributed by atoms with van der Waals surface area (Å²) in [5.74, 6) is -0.809. The van der Waals surface area contributed by atoms with E-state index in [2.05, 4.69) is 20.7 Å². The largest absolute Gasteiger partial charge is 0.381 e. The molecule has 3 heterocycles. The Morgan fingerprint density at radius 2 is 2.00 bits per heavy atom. The summed E-state index contributed by atoms with van der Waals surface area (Å²) >= 11 is 0. The number of carbonyl (C=O) groups is 2. The van der Waals surface area contributed by atoms with Crippen LogP contribution >= 0.6 is 0 Å². The van der Waals surface area contributed by atoms with Crippen molar-refractivity contribution in [1.29, 1.82) is 0 Å². The number of aryl methyl sites for hydroxylation is 3. The molecule has 8 nitrogen and oxygen atoms in total. The average molecular weight is 357 g/mol. The molecule has 0 bridgehead atoms. The summed E-state index contributed by atoms with van der Waals surface area (Å²) in [4.78, 5) is 28.5. The fourth-order valence-corrected chi connectivity index (χ4v) is 2.85. The molecule has 2 aromatic rings. The Balaban J connectivity index is 1.64. The number of rotatable bonds is 3. The third kappa shape index (κ3) is 4.08. The normalized spacial score (nSPS) is 17.0. The molecule has 1 atom stereocenters. The Labute approximate surface area is 151 Å². The van der Waals surface area contributed by atoms with E-state index in [4.69, 9.17) is 4.74 Å². The first-order valence-corrected chi connectivity index (χ1v) is 8.61. The minimum absolute atomic E-state index is 0.219. The smallest absolute Gasteiger partial charge is 0.315 e. The highest BCUT2D eigenvalue weighted by atomic mass is 16.5. The summed E-state index contributed by atoms with van der Waals surface area (Å²) < 4.78 is 7.04. The number of ether oxygens (including phenoxy) is 1. The Kier molecular flexibility index (Phi) is 5.32. The predicted molar refractivity (Wildman–Crippen MR) is 97.0 cm³/mol. The Bertz CT molecular complexity index is 824. The summed E-state index contributed by atoms with van der Waals surface area (Å²) in [5.41, 5.74) is 3.16. The molecule has 1 fully saturated rings. The Morgan fingerprint density at radius 1 is 1.23 bits per heavy atom. The van der Waals surface area contributed by atoms with Crippen molar-refractivity contribution in [2.24, 2.45) is 7.05 Å². The molecule has 1 unspecified atom stereocenters. The zero-order valence-electron chi connectivity index (χ0n) is 15.2. The number of anilines is 2. The van der Waals surface area contributed by atoms with Gasteiger partial charge in [-0.3, -0.25) is 19.3 Å². The highest BCUT2D eigenvalue weighted by molar-refractivity contribution is 6.43. The van der Waals surface area contributed by atoms with Crippen molar-refractivity contribution >= 4 is 23.3 Å². The number of amides is 2. The van der Waals surface area contributed by atoms with Crippen molar-refractivity contribution in [2.45, 2.75) is 32.6 Å². The summed E-state index contributed by atoms with van der Waals surface area (Å²) in [5, 5.41) is 9.59. The molecule has 0 aliphatic carbocycles. The lowest BCUT2D eigenvalue weighted by Crippen LogP contribution is -2.29. The molecular weight excluding hydrogens is 334 g/mol. The molecule has 0 radical (unpaired) electrons. The fraction of sp³-hybridized carbons (Fsp3) is 0.444. The monoisotopic (exact) mass is 357 g/mol. The van der Waals surface area contributed by atoms with E-state index in [0.29, 0.717) is 18.1 Å². The van der Waals surface area contributed by atoms with Crippen molar-refractivity contribution in [3.63, 3.8) is 0 Å². The van der Waals surface area contributed by atoms with Gasteiger partial charge in [0.25, 0.3) is 0 Å². The van der Waals surface area contributed by atoms with Crippen LogP contribution in [0.15, 0.2) is 18.3 Å². The SMILES string of the molecule is Cc1cc(NC(=O)C(=O)Nc2cc(C3CCCOC3)nn2C)cnc1C. The minimum atomic E-state index is -0.752. The average Bonchev–Trinajstić information content (AvgIpc) is 2.99. The highest BCUT2D eigenvalue weighted by Crippen LogP contribution is 2.26. The van der Waals surface area contributed by atoms with Crippen molar-refractivity contribution in [2.75, 3.05) is 23.8 Å². The molecule has 1 aliphatic rings.